The van der Waals surface area contributed by atoms with Crippen LogP contribution in [0.4, 0.5) is 4.79 Å². The van der Waals surface area contributed by atoms with Crippen molar-refractivity contribution in [1.82, 2.24) is 0 Å². The van der Waals surface area contributed by atoms with Crippen LogP contribution in [-0.4, -0.2) is 26.5 Å². The van der Waals surface area contributed by atoms with Crippen molar-refractivity contribution in [3.8, 4) is 0 Å². The molecule has 0 rings (SSSR count). The molecule has 0 aliphatic heterocycles. The van der Waals surface area contributed by atoms with Gasteiger partial charge in [0.2, 0.25) is 0 Å². The van der Waals surface area contributed by atoms with Crippen molar-refractivity contribution in [1.29, 1.82) is 0 Å². The Morgan fingerprint density at radius 2 is 2.20 bits per heavy atom. The summed E-state index contributed by atoms with van der Waals surface area (Å²) in [6, 6.07) is 0. The summed E-state index contributed by atoms with van der Waals surface area (Å²) >= 11 is 0. The number of hydrogen-bond donors (Lipinski definition) is 0. The van der Waals surface area contributed by atoms with Crippen molar-refractivity contribution in [3.05, 3.63) is 0 Å². The van der Waals surface area contributed by atoms with E-state index >= 15 is 0 Å². The van der Waals surface area contributed by atoms with Crippen molar-refractivity contribution in [2.75, 3.05) is 20.3 Å². The Kier molecular flexibility index (Phi) is 11.0. The molecule has 0 aromatic heterocycles. The van der Waals surface area contributed by atoms with Gasteiger partial charge in [-0.05, 0) is 6.42 Å². The van der Waals surface area contributed by atoms with Gasteiger partial charge in [0.1, 0.15) is 0 Å². The first-order valence-corrected chi connectivity index (χ1v) is 2.60. The maximum atomic E-state index is 10.1. The molecule has 0 aliphatic rings. The summed E-state index contributed by atoms with van der Waals surface area (Å²) in [4.78, 5) is 10.1. The summed E-state index contributed by atoms with van der Waals surface area (Å²) in [5.41, 5.74) is 0. The smallest absolute Gasteiger partial charge is 0.854 e. The predicted octanol–water partition coefficient (Wildman–Crippen LogP) is -3.48. The normalized spacial score (nSPS) is 7.80. The average Bonchev–Trinajstić information content (AvgIpc) is 1.89. The van der Waals surface area contributed by atoms with Crippen LogP contribution in [0.5, 0.6) is 0 Å². The van der Waals surface area contributed by atoms with Gasteiger partial charge in [-0.25, -0.2) is 4.79 Å². The minimum atomic E-state index is -0.733. The van der Waals surface area contributed by atoms with Crippen molar-refractivity contribution in [2.24, 2.45) is 0 Å². The maximum absolute atomic E-state index is 10.1. The molecule has 0 aromatic rings. The second-order valence-corrected chi connectivity index (χ2v) is 1.36. The first-order chi connectivity index (χ1) is 4.31. The molecule has 0 heterocycles. The van der Waals surface area contributed by atoms with Gasteiger partial charge in [-0.1, -0.05) is 0 Å². The summed E-state index contributed by atoms with van der Waals surface area (Å²) in [6.45, 7) is -0.0762. The number of rotatable bonds is 3. The van der Waals surface area contributed by atoms with Crippen LogP contribution >= 0.6 is 0 Å². The summed E-state index contributed by atoms with van der Waals surface area (Å²) in [7, 11) is 1.22. The summed E-state index contributed by atoms with van der Waals surface area (Å²) in [6.07, 6.45) is -0.391. The molecule has 0 N–H and O–H groups in total. The van der Waals surface area contributed by atoms with Gasteiger partial charge in [0.15, 0.2) is 0 Å². The molecule has 0 spiro atoms. The Bertz CT molecular complexity index is 85.7. The fourth-order valence-corrected chi connectivity index (χ4v) is 0.273. The van der Waals surface area contributed by atoms with E-state index in [1.807, 2.05) is 0 Å². The summed E-state index contributed by atoms with van der Waals surface area (Å²) in [5, 5.41) is 9.77. The zero-order valence-corrected chi connectivity index (χ0v) is 6.25. The number of methoxy groups -OCH3 is 1. The van der Waals surface area contributed by atoms with Crippen LogP contribution < -0.4 is 24.0 Å². The molecule has 0 aromatic carbocycles. The molecular weight excluding hydrogens is 131 g/mol. The molecular formula is C5H9LiO4. The van der Waals surface area contributed by atoms with Crippen LogP contribution in [0, 0.1) is 0 Å². The third-order valence-electron chi connectivity index (χ3n) is 0.675. The zero-order valence-electron chi connectivity index (χ0n) is 6.25. The van der Waals surface area contributed by atoms with Crippen molar-refractivity contribution < 1.29 is 38.2 Å². The van der Waals surface area contributed by atoms with Crippen molar-refractivity contribution in [2.45, 2.75) is 6.42 Å². The Balaban J connectivity index is 0. The second-order valence-electron chi connectivity index (χ2n) is 1.36. The van der Waals surface area contributed by atoms with Crippen molar-refractivity contribution in [3.63, 3.8) is 0 Å². The molecule has 54 valence electrons. The van der Waals surface area contributed by atoms with Crippen LogP contribution in [0.15, 0.2) is 0 Å². The van der Waals surface area contributed by atoms with Crippen LogP contribution in [-0.2, 0) is 9.47 Å². The topological polar surface area (TPSA) is 58.6 Å². The standard InChI is InChI=1S/C5H9O4.Li/c1-8-5(7)9-4-2-3-6;/h2-4H2,1H3;/q-1;+1. The van der Waals surface area contributed by atoms with E-state index in [4.69, 9.17) is 0 Å². The third-order valence-corrected chi connectivity index (χ3v) is 0.675. The van der Waals surface area contributed by atoms with Gasteiger partial charge in [-0.2, -0.15) is 0 Å². The molecule has 10 heavy (non-hydrogen) atoms. The molecule has 0 unspecified atom stereocenters. The third kappa shape index (κ3) is 7.83. The van der Waals surface area contributed by atoms with E-state index in [-0.39, 0.29) is 32.1 Å². The van der Waals surface area contributed by atoms with Crippen LogP contribution in [0.2, 0.25) is 0 Å². The van der Waals surface area contributed by atoms with E-state index < -0.39 is 6.16 Å². The van der Waals surface area contributed by atoms with Gasteiger partial charge < -0.3 is 14.6 Å². The molecule has 0 atom stereocenters. The minimum absolute atomic E-state index is 0. The maximum Gasteiger partial charge on any atom is 1.00 e. The number of ether oxygens (including phenoxy) is 2. The van der Waals surface area contributed by atoms with E-state index in [1.54, 1.807) is 0 Å². The molecule has 4 nitrogen and oxygen atoms in total. The van der Waals surface area contributed by atoms with E-state index in [0.717, 1.165) is 0 Å². The summed E-state index contributed by atoms with van der Waals surface area (Å²) < 4.78 is 8.50. The molecule has 5 heteroatoms. The second kappa shape index (κ2) is 8.83. The Morgan fingerprint density at radius 3 is 2.60 bits per heavy atom. The van der Waals surface area contributed by atoms with Gasteiger partial charge in [0.05, 0.1) is 13.7 Å². The van der Waals surface area contributed by atoms with Gasteiger partial charge in [0.25, 0.3) is 0 Å². The van der Waals surface area contributed by atoms with E-state index in [0.29, 0.717) is 6.42 Å². The van der Waals surface area contributed by atoms with Gasteiger partial charge in [-0.15, -0.1) is 6.61 Å². The molecule has 0 aliphatic carbocycles. The van der Waals surface area contributed by atoms with Gasteiger partial charge >= 0.3 is 25.0 Å². The van der Waals surface area contributed by atoms with E-state index in [9.17, 15) is 9.90 Å². The molecule has 0 radical (unpaired) electrons. The largest absolute Gasteiger partial charge is 1.00 e. The molecule has 0 amide bonds. The predicted molar refractivity (Wildman–Crippen MR) is 27.8 cm³/mol. The number of carbonyl (C=O) groups is 1. The first kappa shape index (κ1) is 12.5. The fraction of sp³-hybridized carbons (Fsp3) is 0.800. The molecule has 0 fully saturated rings. The van der Waals surface area contributed by atoms with Crippen LogP contribution in [0.1, 0.15) is 6.42 Å². The number of carbonyl (C=O) groups excluding carboxylic acids is 1. The van der Waals surface area contributed by atoms with Gasteiger partial charge in [0, 0.05) is 0 Å². The summed E-state index contributed by atoms with van der Waals surface area (Å²) in [5.74, 6) is 0. The van der Waals surface area contributed by atoms with Crippen LogP contribution in [0.25, 0.3) is 0 Å². The SMILES string of the molecule is COC(=O)OCCC[O-].[Li+]. The molecule has 0 saturated carbocycles. The van der Waals surface area contributed by atoms with Gasteiger partial charge in [-0.3, -0.25) is 0 Å². The minimum Gasteiger partial charge on any atom is -0.854 e. The Hall–Kier alpha value is -0.173. The zero-order chi connectivity index (χ0) is 7.11. The average molecular weight is 140 g/mol. The molecule has 0 bridgehead atoms. The van der Waals surface area contributed by atoms with E-state index in [1.165, 1.54) is 7.11 Å². The Morgan fingerprint density at radius 1 is 1.60 bits per heavy atom. The number of hydrogen-bond acceptors (Lipinski definition) is 4. The van der Waals surface area contributed by atoms with E-state index in [2.05, 4.69) is 9.47 Å². The monoisotopic (exact) mass is 140 g/mol. The van der Waals surface area contributed by atoms with Crippen LogP contribution in [0.3, 0.4) is 0 Å². The Labute approximate surface area is 71.7 Å². The fourth-order valence-electron chi connectivity index (χ4n) is 0.273. The quantitative estimate of drug-likeness (QED) is 0.232. The molecule has 0 saturated heterocycles. The first-order valence-electron chi connectivity index (χ1n) is 2.60. The van der Waals surface area contributed by atoms with Crippen molar-refractivity contribution >= 4 is 6.16 Å².